The molecule has 0 fully saturated rings. The van der Waals surface area contributed by atoms with Crippen LogP contribution in [0.5, 0.6) is 0 Å². The molecule has 19 heavy (non-hydrogen) atoms. The van der Waals surface area contributed by atoms with E-state index in [4.69, 9.17) is 11.6 Å². The Morgan fingerprint density at radius 3 is 2.37 bits per heavy atom. The number of carbonyl (C=O) groups excluding carboxylic acids is 1. The van der Waals surface area contributed by atoms with E-state index in [2.05, 4.69) is 5.32 Å². The summed E-state index contributed by atoms with van der Waals surface area (Å²) in [6.45, 7) is 0. The van der Waals surface area contributed by atoms with Gasteiger partial charge in [0.15, 0.2) is 0 Å². The quantitative estimate of drug-likeness (QED) is 0.898. The fourth-order valence-corrected chi connectivity index (χ4v) is 1.84. The van der Waals surface area contributed by atoms with Crippen LogP contribution in [0, 0.1) is 0 Å². The van der Waals surface area contributed by atoms with Crippen molar-refractivity contribution in [2.75, 3.05) is 5.32 Å². The molecule has 1 amide bonds. The van der Waals surface area contributed by atoms with Gasteiger partial charge in [-0.15, -0.1) is 0 Å². The van der Waals surface area contributed by atoms with Crippen LogP contribution in [-0.2, 0) is 4.79 Å². The molecule has 98 valence electrons. The number of anilines is 1. The number of aliphatic hydroxyl groups is 1. The maximum Gasteiger partial charge on any atom is 0.227 e. The Hall–Kier alpha value is -1.84. The van der Waals surface area contributed by atoms with Crippen molar-refractivity contribution in [1.82, 2.24) is 0 Å². The number of aliphatic hydroxyl groups excluding tert-OH is 1. The highest BCUT2D eigenvalue weighted by Crippen LogP contribution is 2.19. The molecule has 2 N–H and O–H groups in total. The third kappa shape index (κ3) is 4.09. The zero-order chi connectivity index (χ0) is 13.7. The number of halogens is 1. The number of benzene rings is 2. The summed E-state index contributed by atoms with van der Waals surface area (Å²) in [5.74, 6) is -0.228. The molecule has 2 rings (SSSR count). The van der Waals surface area contributed by atoms with E-state index >= 15 is 0 Å². The Morgan fingerprint density at radius 2 is 1.74 bits per heavy atom. The molecule has 0 aromatic heterocycles. The number of nitrogens with one attached hydrogen (secondary N) is 1. The van der Waals surface area contributed by atoms with Gasteiger partial charge in [-0.3, -0.25) is 4.79 Å². The summed E-state index contributed by atoms with van der Waals surface area (Å²) in [4.78, 5) is 11.8. The van der Waals surface area contributed by atoms with Crippen LogP contribution in [0.4, 0.5) is 5.69 Å². The van der Waals surface area contributed by atoms with E-state index in [1.165, 1.54) is 0 Å². The maximum absolute atomic E-state index is 11.8. The molecule has 2 aromatic rings. The molecule has 0 aliphatic heterocycles. The maximum atomic E-state index is 11.8. The predicted molar refractivity (Wildman–Crippen MR) is 76.1 cm³/mol. The van der Waals surface area contributed by atoms with Crippen molar-refractivity contribution in [3.8, 4) is 0 Å². The van der Waals surface area contributed by atoms with Gasteiger partial charge in [-0.05, 0) is 29.8 Å². The molecule has 1 atom stereocenters. The Kier molecular flexibility index (Phi) is 4.55. The summed E-state index contributed by atoms with van der Waals surface area (Å²) < 4.78 is 0. The van der Waals surface area contributed by atoms with Gasteiger partial charge in [0.05, 0.1) is 12.5 Å². The molecule has 0 heterocycles. The van der Waals surface area contributed by atoms with Gasteiger partial charge in [0, 0.05) is 10.7 Å². The lowest BCUT2D eigenvalue weighted by atomic mass is 10.1. The molecule has 0 spiro atoms. The van der Waals surface area contributed by atoms with Crippen LogP contribution in [0.1, 0.15) is 18.1 Å². The van der Waals surface area contributed by atoms with Crippen molar-refractivity contribution >= 4 is 23.2 Å². The largest absolute Gasteiger partial charge is 0.388 e. The van der Waals surface area contributed by atoms with Gasteiger partial charge in [0.2, 0.25) is 5.91 Å². The third-order valence-electron chi connectivity index (χ3n) is 2.69. The molecule has 4 heteroatoms. The first-order valence-electron chi connectivity index (χ1n) is 5.93. The van der Waals surface area contributed by atoms with E-state index in [-0.39, 0.29) is 12.3 Å². The van der Waals surface area contributed by atoms with E-state index in [0.29, 0.717) is 10.6 Å². The van der Waals surface area contributed by atoms with Crippen LogP contribution in [-0.4, -0.2) is 11.0 Å². The minimum atomic E-state index is -0.832. The van der Waals surface area contributed by atoms with Crippen LogP contribution >= 0.6 is 11.6 Å². The molecule has 0 aliphatic rings. The summed E-state index contributed by atoms with van der Waals surface area (Å²) >= 11 is 5.77. The van der Waals surface area contributed by atoms with Gasteiger partial charge in [0.1, 0.15) is 0 Å². The van der Waals surface area contributed by atoms with Crippen molar-refractivity contribution in [2.45, 2.75) is 12.5 Å². The van der Waals surface area contributed by atoms with Gasteiger partial charge in [-0.2, -0.15) is 0 Å². The summed E-state index contributed by atoms with van der Waals surface area (Å²) in [6.07, 6.45) is -0.822. The molecule has 0 saturated carbocycles. The molecule has 0 bridgehead atoms. The summed E-state index contributed by atoms with van der Waals surface area (Å²) in [5, 5.41) is 13.3. The Balaban J connectivity index is 1.93. The lowest BCUT2D eigenvalue weighted by Gasteiger charge is -2.11. The van der Waals surface area contributed by atoms with E-state index in [1.807, 2.05) is 18.2 Å². The van der Waals surface area contributed by atoms with E-state index in [0.717, 1.165) is 5.69 Å². The SMILES string of the molecule is O=C(C[C@H](O)c1ccc(Cl)cc1)Nc1ccccc1. The Labute approximate surface area is 116 Å². The standard InChI is InChI=1S/C15H14ClNO2/c16-12-8-6-11(7-9-12)14(18)10-15(19)17-13-4-2-1-3-5-13/h1-9,14,18H,10H2,(H,17,19)/t14-/m0/s1. The first-order valence-corrected chi connectivity index (χ1v) is 6.31. The zero-order valence-corrected chi connectivity index (χ0v) is 11.0. The van der Waals surface area contributed by atoms with Gasteiger partial charge in [-0.1, -0.05) is 41.9 Å². The smallest absolute Gasteiger partial charge is 0.227 e. The summed E-state index contributed by atoms with van der Waals surface area (Å²) in [7, 11) is 0. The highest BCUT2D eigenvalue weighted by molar-refractivity contribution is 6.30. The van der Waals surface area contributed by atoms with Crippen molar-refractivity contribution in [1.29, 1.82) is 0 Å². The second-order valence-corrected chi connectivity index (χ2v) is 4.62. The first kappa shape index (κ1) is 13.6. The topological polar surface area (TPSA) is 49.3 Å². The van der Waals surface area contributed by atoms with Crippen molar-refractivity contribution in [2.24, 2.45) is 0 Å². The number of carbonyl (C=O) groups is 1. The van der Waals surface area contributed by atoms with Crippen molar-refractivity contribution < 1.29 is 9.90 Å². The van der Waals surface area contributed by atoms with Crippen molar-refractivity contribution in [3.05, 3.63) is 65.2 Å². The minimum absolute atomic E-state index is 0.0104. The summed E-state index contributed by atoms with van der Waals surface area (Å²) in [6, 6.07) is 15.9. The second-order valence-electron chi connectivity index (χ2n) is 4.19. The molecule has 3 nitrogen and oxygen atoms in total. The molecular weight excluding hydrogens is 262 g/mol. The first-order chi connectivity index (χ1) is 9.15. The number of hydrogen-bond donors (Lipinski definition) is 2. The fraction of sp³-hybridized carbons (Fsp3) is 0.133. The van der Waals surface area contributed by atoms with Crippen LogP contribution in [0.2, 0.25) is 5.02 Å². The van der Waals surface area contributed by atoms with E-state index in [9.17, 15) is 9.90 Å². The number of para-hydroxylation sites is 1. The molecule has 0 saturated heterocycles. The van der Waals surface area contributed by atoms with Crippen LogP contribution < -0.4 is 5.32 Å². The molecule has 0 aliphatic carbocycles. The second kappa shape index (κ2) is 6.36. The highest BCUT2D eigenvalue weighted by atomic mass is 35.5. The average Bonchev–Trinajstić information content (AvgIpc) is 2.40. The summed E-state index contributed by atoms with van der Waals surface area (Å²) in [5.41, 5.74) is 1.39. The lowest BCUT2D eigenvalue weighted by molar-refractivity contribution is -0.118. The van der Waals surface area contributed by atoms with Crippen LogP contribution in [0.15, 0.2) is 54.6 Å². The van der Waals surface area contributed by atoms with E-state index in [1.54, 1.807) is 36.4 Å². The average molecular weight is 276 g/mol. The van der Waals surface area contributed by atoms with Crippen LogP contribution in [0.3, 0.4) is 0 Å². The highest BCUT2D eigenvalue weighted by Gasteiger charge is 2.12. The molecular formula is C15H14ClNO2. The number of hydrogen-bond acceptors (Lipinski definition) is 2. The number of rotatable bonds is 4. The fourth-order valence-electron chi connectivity index (χ4n) is 1.71. The normalized spacial score (nSPS) is 11.9. The zero-order valence-electron chi connectivity index (χ0n) is 10.2. The van der Waals surface area contributed by atoms with Gasteiger partial charge < -0.3 is 10.4 Å². The molecule has 0 unspecified atom stereocenters. The third-order valence-corrected chi connectivity index (χ3v) is 2.94. The lowest BCUT2D eigenvalue weighted by Crippen LogP contribution is -2.15. The van der Waals surface area contributed by atoms with Gasteiger partial charge in [-0.25, -0.2) is 0 Å². The monoisotopic (exact) mass is 275 g/mol. The van der Waals surface area contributed by atoms with Gasteiger partial charge in [0.25, 0.3) is 0 Å². The van der Waals surface area contributed by atoms with E-state index < -0.39 is 6.10 Å². The Morgan fingerprint density at radius 1 is 1.11 bits per heavy atom. The predicted octanol–water partition coefficient (Wildman–Crippen LogP) is 3.40. The van der Waals surface area contributed by atoms with Gasteiger partial charge >= 0.3 is 0 Å². The Bertz CT molecular complexity index is 540. The number of amides is 1. The van der Waals surface area contributed by atoms with Crippen LogP contribution in [0.25, 0.3) is 0 Å². The van der Waals surface area contributed by atoms with Crippen molar-refractivity contribution in [3.63, 3.8) is 0 Å². The minimum Gasteiger partial charge on any atom is -0.388 e. The molecule has 0 radical (unpaired) electrons. The molecule has 2 aromatic carbocycles.